The van der Waals surface area contributed by atoms with Gasteiger partial charge in [0.15, 0.2) is 0 Å². The van der Waals surface area contributed by atoms with E-state index in [1.165, 1.54) is 29.4 Å². The van der Waals surface area contributed by atoms with Gasteiger partial charge < -0.3 is 14.4 Å². The third kappa shape index (κ3) is 3.32. The molecule has 1 atom stereocenters. The first-order valence-corrected chi connectivity index (χ1v) is 8.93. The van der Waals surface area contributed by atoms with E-state index in [0.717, 1.165) is 6.07 Å². The van der Waals surface area contributed by atoms with Gasteiger partial charge in [0.1, 0.15) is 17.6 Å². The summed E-state index contributed by atoms with van der Waals surface area (Å²) in [6, 6.07) is 10.9. The minimum Gasteiger partial charge on any atom is -0.507 e. The molecule has 0 spiro atoms. The second-order valence-electron chi connectivity index (χ2n) is 6.61. The summed E-state index contributed by atoms with van der Waals surface area (Å²) in [6.07, 6.45) is 4.55. The van der Waals surface area contributed by atoms with Crippen molar-refractivity contribution < 1.29 is 24.0 Å². The Hall–Kier alpha value is -4.27. The molecule has 0 bridgehead atoms. The molecule has 1 aliphatic heterocycles. The predicted molar refractivity (Wildman–Crippen MR) is 104 cm³/mol. The van der Waals surface area contributed by atoms with Crippen LogP contribution in [-0.2, 0) is 16.1 Å². The van der Waals surface area contributed by atoms with Crippen LogP contribution < -0.4 is 0 Å². The Balaban J connectivity index is 1.84. The van der Waals surface area contributed by atoms with Gasteiger partial charge in [0.25, 0.3) is 17.4 Å². The third-order valence-corrected chi connectivity index (χ3v) is 4.76. The number of pyridine rings is 1. The Morgan fingerprint density at radius 1 is 1.20 bits per heavy atom. The first kappa shape index (κ1) is 19.1. The van der Waals surface area contributed by atoms with Gasteiger partial charge in [-0.05, 0) is 23.8 Å². The van der Waals surface area contributed by atoms with Gasteiger partial charge >= 0.3 is 0 Å². The van der Waals surface area contributed by atoms with Gasteiger partial charge in [0.05, 0.1) is 16.8 Å². The molecule has 3 aromatic rings. The first-order valence-electron chi connectivity index (χ1n) is 8.93. The fraction of sp³-hybridized carbons (Fsp3) is 0.0952. The molecular weight excluding hydrogens is 390 g/mol. The Kier molecular flexibility index (Phi) is 4.85. The molecule has 1 aromatic carbocycles. The number of nitrogens with zero attached hydrogens (tertiary/aromatic N) is 3. The van der Waals surface area contributed by atoms with Crippen LogP contribution in [0.1, 0.15) is 22.9 Å². The van der Waals surface area contributed by atoms with E-state index in [1.54, 1.807) is 36.7 Å². The molecule has 1 aliphatic rings. The highest BCUT2D eigenvalue weighted by Gasteiger charge is 2.47. The summed E-state index contributed by atoms with van der Waals surface area (Å²) < 4.78 is 5.45. The first-order chi connectivity index (χ1) is 14.5. The van der Waals surface area contributed by atoms with Crippen LogP contribution in [0.15, 0.2) is 77.2 Å². The number of hydrogen-bond donors (Lipinski definition) is 1. The van der Waals surface area contributed by atoms with Crippen molar-refractivity contribution in [2.45, 2.75) is 12.6 Å². The highest BCUT2D eigenvalue weighted by atomic mass is 16.6. The fourth-order valence-corrected chi connectivity index (χ4v) is 3.40. The molecule has 0 aliphatic carbocycles. The fourth-order valence-electron chi connectivity index (χ4n) is 3.40. The number of carbonyl (C=O) groups excluding carboxylic acids is 2. The lowest BCUT2D eigenvalue weighted by Crippen LogP contribution is -2.29. The second-order valence-corrected chi connectivity index (χ2v) is 6.61. The van der Waals surface area contributed by atoms with Crippen molar-refractivity contribution in [2.24, 2.45) is 0 Å². The zero-order valence-corrected chi connectivity index (χ0v) is 15.5. The van der Waals surface area contributed by atoms with Crippen LogP contribution in [0.5, 0.6) is 0 Å². The lowest BCUT2D eigenvalue weighted by atomic mass is 9.99. The lowest BCUT2D eigenvalue weighted by molar-refractivity contribution is -0.384. The van der Waals surface area contributed by atoms with Crippen LogP contribution in [0.25, 0.3) is 5.76 Å². The molecule has 4 rings (SSSR count). The Labute approximate surface area is 170 Å². The number of aliphatic hydroxyl groups is 1. The number of nitro groups is 1. The lowest BCUT2D eigenvalue weighted by Gasteiger charge is -2.23. The summed E-state index contributed by atoms with van der Waals surface area (Å²) in [4.78, 5) is 41.4. The molecule has 1 saturated heterocycles. The van der Waals surface area contributed by atoms with Crippen molar-refractivity contribution >= 4 is 23.1 Å². The van der Waals surface area contributed by atoms with Crippen LogP contribution in [0.3, 0.4) is 0 Å². The number of amides is 1. The molecule has 0 saturated carbocycles. The summed E-state index contributed by atoms with van der Waals surface area (Å²) in [5.41, 5.74) is 0.295. The Morgan fingerprint density at radius 3 is 2.70 bits per heavy atom. The molecule has 150 valence electrons. The predicted octanol–water partition coefficient (Wildman–Crippen LogP) is 3.20. The van der Waals surface area contributed by atoms with E-state index in [1.807, 2.05) is 0 Å². The standard InChI is InChI=1S/C21H15N3O6/c25-19(14-5-1-6-15(10-14)24(28)29)17-18(16-7-3-9-30-16)23(21(27)20(17)26)12-13-4-2-8-22-11-13/h1-11,18,25H,12H2/b19-17-. The van der Waals surface area contributed by atoms with Gasteiger partial charge in [-0.15, -0.1) is 0 Å². The van der Waals surface area contributed by atoms with Gasteiger partial charge in [-0.3, -0.25) is 24.7 Å². The molecule has 1 amide bonds. The summed E-state index contributed by atoms with van der Waals surface area (Å²) >= 11 is 0. The van der Waals surface area contributed by atoms with E-state index in [-0.39, 0.29) is 29.1 Å². The van der Waals surface area contributed by atoms with Crippen molar-refractivity contribution in [3.05, 3.63) is 99.8 Å². The molecular formula is C21H15N3O6. The highest BCUT2D eigenvalue weighted by molar-refractivity contribution is 6.46. The minimum absolute atomic E-state index is 0.0557. The Morgan fingerprint density at radius 2 is 2.03 bits per heavy atom. The van der Waals surface area contributed by atoms with Gasteiger partial charge in [-0.2, -0.15) is 0 Å². The number of likely N-dealkylation sites (tertiary alicyclic amines) is 1. The summed E-state index contributed by atoms with van der Waals surface area (Å²) in [5, 5.41) is 21.9. The zero-order chi connectivity index (χ0) is 21.3. The van der Waals surface area contributed by atoms with E-state index in [9.17, 15) is 24.8 Å². The highest BCUT2D eigenvalue weighted by Crippen LogP contribution is 2.40. The van der Waals surface area contributed by atoms with Gasteiger partial charge in [0.2, 0.25) is 0 Å². The van der Waals surface area contributed by atoms with Gasteiger partial charge in [0, 0.05) is 36.6 Å². The topological polar surface area (TPSA) is 127 Å². The number of furan rings is 1. The maximum absolute atomic E-state index is 12.8. The SMILES string of the molecule is O=C1C(=O)N(Cc2cccnc2)C(c2ccco2)/C1=C(/O)c1cccc([N+](=O)[O-])c1. The number of Topliss-reactive ketones (excluding diaryl/α,β-unsaturated/α-hetero) is 1. The van der Waals surface area contributed by atoms with Crippen molar-refractivity contribution in [1.82, 2.24) is 9.88 Å². The molecule has 9 heteroatoms. The summed E-state index contributed by atoms with van der Waals surface area (Å²) in [6.45, 7) is 0.0650. The smallest absolute Gasteiger partial charge is 0.296 e. The molecule has 1 fully saturated rings. The van der Waals surface area contributed by atoms with Crippen LogP contribution in [-0.4, -0.2) is 31.6 Å². The molecule has 30 heavy (non-hydrogen) atoms. The molecule has 3 heterocycles. The van der Waals surface area contributed by atoms with E-state index in [2.05, 4.69) is 4.98 Å². The normalized spacial score (nSPS) is 18.0. The van der Waals surface area contributed by atoms with Crippen molar-refractivity contribution in [3.63, 3.8) is 0 Å². The van der Waals surface area contributed by atoms with Crippen LogP contribution in [0.2, 0.25) is 0 Å². The number of ketones is 1. The van der Waals surface area contributed by atoms with E-state index in [4.69, 9.17) is 4.42 Å². The quantitative estimate of drug-likeness (QED) is 0.227. The maximum Gasteiger partial charge on any atom is 0.296 e. The number of non-ortho nitro benzene ring substituents is 1. The number of aromatic nitrogens is 1. The average molecular weight is 405 g/mol. The average Bonchev–Trinajstić information content (AvgIpc) is 3.37. The maximum atomic E-state index is 12.8. The number of benzene rings is 1. The second kappa shape index (κ2) is 7.63. The number of rotatable bonds is 5. The van der Waals surface area contributed by atoms with Crippen molar-refractivity contribution in [1.29, 1.82) is 0 Å². The monoisotopic (exact) mass is 405 g/mol. The van der Waals surface area contributed by atoms with E-state index >= 15 is 0 Å². The van der Waals surface area contributed by atoms with E-state index < -0.39 is 28.4 Å². The molecule has 1 N–H and O–H groups in total. The summed E-state index contributed by atoms with van der Waals surface area (Å²) in [7, 11) is 0. The van der Waals surface area contributed by atoms with Crippen LogP contribution >= 0.6 is 0 Å². The number of carbonyl (C=O) groups is 2. The van der Waals surface area contributed by atoms with Gasteiger partial charge in [-0.1, -0.05) is 18.2 Å². The molecule has 2 aromatic heterocycles. The van der Waals surface area contributed by atoms with Crippen LogP contribution in [0.4, 0.5) is 5.69 Å². The number of aliphatic hydroxyl groups excluding tert-OH is 1. The number of hydrogen-bond acceptors (Lipinski definition) is 7. The summed E-state index contributed by atoms with van der Waals surface area (Å²) in [5.74, 6) is -1.94. The number of nitro benzene ring substituents is 1. The van der Waals surface area contributed by atoms with Crippen LogP contribution in [0, 0.1) is 10.1 Å². The molecule has 0 radical (unpaired) electrons. The van der Waals surface area contributed by atoms with Crippen molar-refractivity contribution in [3.8, 4) is 0 Å². The molecule has 9 nitrogen and oxygen atoms in total. The third-order valence-electron chi connectivity index (χ3n) is 4.76. The van der Waals surface area contributed by atoms with E-state index in [0.29, 0.717) is 5.56 Å². The molecule has 1 unspecified atom stereocenters. The minimum atomic E-state index is -0.987. The van der Waals surface area contributed by atoms with Crippen molar-refractivity contribution in [2.75, 3.05) is 0 Å². The largest absolute Gasteiger partial charge is 0.507 e. The Bertz CT molecular complexity index is 1150. The zero-order valence-electron chi connectivity index (χ0n) is 15.5. The van der Waals surface area contributed by atoms with Gasteiger partial charge in [-0.25, -0.2) is 0 Å².